The van der Waals surface area contributed by atoms with Gasteiger partial charge in [0.15, 0.2) is 0 Å². The first kappa shape index (κ1) is 11.4. The Morgan fingerprint density at radius 3 is 2.55 bits per heavy atom. The average Bonchev–Trinajstić information content (AvgIpc) is 1.94. The average molecular weight is 301 g/mol. The Morgan fingerprint density at radius 2 is 2.00 bits per heavy atom. The zero-order valence-corrected chi connectivity index (χ0v) is 9.74. The van der Waals surface area contributed by atoms with Crippen molar-refractivity contribution in [2.75, 3.05) is 0 Å². The highest BCUT2D eigenvalue weighted by molar-refractivity contribution is 9.08. The smallest absolute Gasteiger partial charge is 0.0451 e. The third-order valence-electron chi connectivity index (χ3n) is 1.22. The Kier molecular flexibility index (Phi) is 6.24. The molecular formula is C7H8Br2ClN. The van der Waals surface area contributed by atoms with Crippen LogP contribution in [0.25, 0.3) is 0 Å². The van der Waals surface area contributed by atoms with Gasteiger partial charge in [-0.3, -0.25) is 4.34 Å². The summed E-state index contributed by atoms with van der Waals surface area (Å²) < 4.78 is 2.85. The quantitative estimate of drug-likeness (QED) is 0.826. The molecule has 11 heavy (non-hydrogen) atoms. The topological polar surface area (TPSA) is 12.0 Å². The molecule has 0 spiro atoms. The van der Waals surface area contributed by atoms with Crippen molar-refractivity contribution in [3.63, 3.8) is 0 Å². The molecule has 0 aliphatic rings. The molecule has 1 nitrogen and oxygen atoms in total. The molecule has 1 N–H and O–H groups in total. The van der Waals surface area contributed by atoms with Gasteiger partial charge in [0.1, 0.15) is 0 Å². The van der Waals surface area contributed by atoms with Gasteiger partial charge in [-0.15, -0.1) is 17.0 Å². The summed E-state index contributed by atoms with van der Waals surface area (Å²) in [6.07, 6.45) is 0. The highest BCUT2D eigenvalue weighted by Crippen LogP contribution is 2.14. The van der Waals surface area contributed by atoms with Gasteiger partial charge in [-0.1, -0.05) is 29.8 Å². The zero-order valence-electron chi connectivity index (χ0n) is 5.68. The van der Waals surface area contributed by atoms with Crippen LogP contribution < -0.4 is 4.34 Å². The summed E-state index contributed by atoms with van der Waals surface area (Å²) in [6, 6.07) is 7.74. The van der Waals surface area contributed by atoms with Crippen LogP contribution in [0.1, 0.15) is 5.56 Å². The van der Waals surface area contributed by atoms with E-state index < -0.39 is 0 Å². The summed E-state index contributed by atoms with van der Waals surface area (Å²) in [6.45, 7) is 0.750. The Labute approximate surface area is 90.2 Å². The molecule has 62 valence electrons. The molecule has 1 aromatic rings. The molecule has 0 atom stereocenters. The van der Waals surface area contributed by atoms with Crippen molar-refractivity contribution >= 4 is 44.7 Å². The minimum atomic E-state index is 0. The SMILES string of the molecule is Br.Clc1ccccc1CNBr. The molecule has 0 unspecified atom stereocenters. The number of hydrogen-bond acceptors (Lipinski definition) is 1. The minimum Gasteiger partial charge on any atom is -0.251 e. The van der Waals surface area contributed by atoms with Crippen LogP contribution in [-0.4, -0.2) is 0 Å². The van der Waals surface area contributed by atoms with Crippen LogP contribution in [0.5, 0.6) is 0 Å². The number of nitrogens with one attached hydrogen (secondary N) is 1. The maximum Gasteiger partial charge on any atom is 0.0451 e. The van der Waals surface area contributed by atoms with Crippen LogP contribution >= 0.6 is 44.7 Å². The molecule has 0 saturated heterocycles. The molecule has 0 aromatic heterocycles. The first-order valence-corrected chi connectivity index (χ1v) is 4.08. The van der Waals surface area contributed by atoms with Crippen LogP contribution in [0.15, 0.2) is 24.3 Å². The summed E-state index contributed by atoms with van der Waals surface area (Å²) in [5.41, 5.74) is 1.10. The predicted molar refractivity (Wildman–Crippen MR) is 57.5 cm³/mol. The van der Waals surface area contributed by atoms with E-state index in [9.17, 15) is 0 Å². The van der Waals surface area contributed by atoms with Gasteiger partial charge in [0.2, 0.25) is 0 Å². The molecule has 0 amide bonds. The van der Waals surface area contributed by atoms with Crippen LogP contribution in [-0.2, 0) is 6.54 Å². The summed E-state index contributed by atoms with van der Waals surface area (Å²) >= 11 is 8.95. The first-order valence-electron chi connectivity index (χ1n) is 2.91. The van der Waals surface area contributed by atoms with Gasteiger partial charge in [0.05, 0.1) is 0 Å². The van der Waals surface area contributed by atoms with Gasteiger partial charge >= 0.3 is 0 Å². The number of halogens is 3. The van der Waals surface area contributed by atoms with Crippen LogP contribution in [0, 0.1) is 0 Å². The summed E-state index contributed by atoms with van der Waals surface area (Å²) in [5, 5.41) is 0.800. The molecule has 0 fully saturated rings. The van der Waals surface area contributed by atoms with E-state index in [2.05, 4.69) is 20.5 Å². The largest absolute Gasteiger partial charge is 0.251 e. The number of benzene rings is 1. The van der Waals surface area contributed by atoms with Crippen molar-refractivity contribution in [3.05, 3.63) is 34.9 Å². The third-order valence-corrected chi connectivity index (χ3v) is 1.86. The van der Waals surface area contributed by atoms with Gasteiger partial charge in [-0.25, -0.2) is 0 Å². The van der Waals surface area contributed by atoms with Crippen molar-refractivity contribution in [1.82, 2.24) is 4.34 Å². The molecule has 1 aromatic carbocycles. The second-order valence-corrected chi connectivity index (χ2v) is 2.87. The maximum absolute atomic E-state index is 5.84. The van der Waals surface area contributed by atoms with E-state index in [0.717, 1.165) is 17.1 Å². The van der Waals surface area contributed by atoms with Crippen molar-refractivity contribution in [2.24, 2.45) is 0 Å². The van der Waals surface area contributed by atoms with Crippen LogP contribution in [0.3, 0.4) is 0 Å². The first-order chi connectivity index (χ1) is 4.84. The fraction of sp³-hybridized carbons (Fsp3) is 0.143. The Morgan fingerprint density at radius 1 is 1.36 bits per heavy atom. The molecule has 0 bridgehead atoms. The van der Waals surface area contributed by atoms with E-state index in [1.54, 1.807) is 0 Å². The van der Waals surface area contributed by atoms with Gasteiger partial charge in [-0.2, -0.15) is 0 Å². The fourth-order valence-corrected chi connectivity index (χ4v) is 1.22. The van der Waals surface area contributed by atoms with E-state index in [1.165, 1.54) is 0 Å². The molecule has 0 saturated carbocycles. The molecule has 4 heteroatoms. The van der Waals surface area contributed by atoms with E-state index in [0.29, 0.717) is 0 Å². The third kappa shape index (κ3) is 3.56. The van der Waals surface area contributed by atoms with Crippen molar-refractivity contribution in [3.8, 4) is 0 Å². The Bertz CT molecular complexity index is 217. The lowest BCUT2D eigenvalue weighted by Crippen LogP contribution is -1.97. The number of rotatable bonds is 2. The summed E-state index contributed by atoms with van der Waals surface area (Å²) in [4.78, 5) is 0. The number of hydrogen-bond donors (Lipinski definition) is 1. The summed E-state index contributed by atoms with van der Waals surface area (Å²) in [5.74, 6) is 0. The van der Waals surface area contributed by atoms with Crippen molar-refractivity contribution in [1.29, 1.82) is 0 Å². The second-order valence-electron chi connectivity index (χ2n) is 1.90. The van der Waals surface area contributed by atoms with Gasteiger partial charge in [0.25, 0.3) is 0 Å². The highest BCUT2D eigenvalue weighted by atomic mass is 79.9. The summed E-state index contributed by atoms with van der Waals surface area (Å²) in [7, 11) is 0. The Balaban J connectivity index is 0.000001000. The fourth-order valence-electron chi connectivity index (χ4n) is 0.714. The molecule has 0 aliphatic carbocycles. The Hall–Kier alpha value is 0.430. The van der Waals surface area contributed by atoms with E-state index in [1.807, 2.05) is 24.3 Å². The lowest BCUT2D eigenvalue weighted by atomic mass is 10.2. The van der Waals surface area contributed by atoms with Gasteiger partial charge in [0, 0.05) is 27.7 Å². The molecule has 0 heterocycles. The monoisotopic (exact) mass is 299 g/mol. The lowest BCUT2D eigenvalue weighted by Gasteiger charge is -1.99. The normalized spacial score (nSPS) is 8.91. The molecule has 0 aliphatic heterocycles. The van der Waals surface area contributed by atoms with Crippen molar-refractivity contribution < 1.29 is 0 Å². The van der Waals surface area contributed by atoms with E-state index in [4.69, 9.17) is 11.6 Å². The van der Waals surface area contributed by atoms with Gasteiger partial charge in [-0.05, 0) is 11.6 Å². The predicted octanol–water partition coefficient (Wildman–Crippen LogP) is 3.32. The molecular weight excluding hydrogens is 293 g/mol. The standard InChI is InChI=1S/C7H7BrClN.BrH/c8-10-5-6-3-1-2-4-7(6)9;/h1-4,10H,5H2;1H. The maximum atomic E-state index is 5.84. The zero-order chi connectivity index (χ0) is 7.40. The van der Waals surface area contributed by atoms with Gasteiger partial charge < -0.3 is 0 Å². The van der Waals surface area contributed by atoms with Crippen LogP contribution in [0.4, 0.5) is 0 Å². The molecule has 1 rings (SSSR count). The van der Waals surface area contributed by atoms with Crippen molar-refractivity contribution in [2.45, 2.75) is 6.54 Å². The van der Waals surface area contributed by atoms with E-state index in [-0.39, 0.29) is 17.0 Å². The van der Waals surface area contributed by atoms with Crippen LogP contribution in [0.2, 0.25) is 5.02 Å². The van der Waals surface area contributed by atoms with E-state index >= 15 is 0 Å². The minimum absolute atomic E-state index is 0. The second kappa shape index (κ2) is 6.00. The lowest BCUT2D eigenvalue weighted by molar-refractivity contribution is 0.996. The molecule has 0 radical (unpaired) electrons. The highest BCUT2D eigenvalue weighted by Gasteiger charge is 1.94.